The van der Waals surface area contributed by atoms with Crippen LogP contribution in [-0.2, 0) is 14.3 Å². The van der Waals surface area contributed by atoms with E-state index in [0.29, 0.717) is 6.61 Å². The van der Waals surface area contributed by atoms with Crippen molar-refractivity contribution in [1.82, 2.24) is 5.32 Å². The number of hydrogen-bond acceptors (Lipinski definition) is 6. The third kappa shape index (κ3) is 4.04. The van der Waals surface area contributed by atoms with Gasteiger partial charge in [0.05, 0.1) is 19.3 Å². The fourth-order valence-corrected chi connectivity index (χ4v) is 2.86. The maximum absolute atomic E-state index is 10.4. The minimum absolute atomic E-state index is 0.117. The number of nitrogens with one attached hydrogen (secondary N) is 1. The van der Waals surface area contributed by atoms with Gasteiger partial charge in [-0.25, -0.2) is 0 Å². The third-order valence-corrected chi connectivity index (χ3v) is 3.92. The topological polar surface area (TPSA) is 82.9 Å². The summed E-state index contributed by atoms with van der Waals surface area (Å²) in [5, 5.41) is 13.0. The molecule has 2 aliphatic rings. The van der Waals surface area contributed by atoms with Gasteiger partial charge in [0.2, 0.25) is 0 Å². The Morgan fingerprint density at radius 2 is 1.95 bits per heavy atom. The molecule has 1 N–H and O–H groups in total. The van der Waals surface area contributed by atoms with Crippen molar-refractivity contribution in [3.8, 4) is 0 Å². The van der Waals surface area contributed by atoms with E-state index < -0.39 is 11.2 Å². The van der Waals surface area contributed by atoms with Crippen molar-refractivity contribution in [1.29, 1.82) is 0 Å². The highest BCUT2D eigenvalue weighted by Crippen LogP contribution is 2.28. The Morgan fingerprint density at radius 1 is 1.20 bits per heavy atom. The van der Waals surface area contributed by atoms with Crippen molar-refractivity contribution in [3.63, 3.8) is 0 Å². The molecule has 0 amide bonds. The zero-order valence-electron chi connectivity index (χ0n) is 12.0. The van der Waals surface area contributed by atoms with Gasteiger partial charge < -0.3 is 19.6 Å². The van der Waals surface area contributed by atoms with Crippen LogP contribution in [0.1, 0.15) is 39.0 Å². The van der Waals surface area contributed by atoms with E-state index in [4.69, 9.17) is 9.47 Å². The van der Waals surface area contributed by atoms with Gasteiger partial charge in [-0.1, -0.05) is 32.6 Å². The highest BCUT2D eigenvalue weighted by molar-refractivity contribution is 4.97. The van der Waals surface area contributed by atoms with Crippen LogP contribution in [0.15, 0.2) is 0 Å². The Labute approximate surface area is 119 Å². The van der Waals surface area contributed by atoms with Crippen LogP contribution < -0.4 is 5.32 Å². The molecule has 0 aromatic heterocycles. The van der Waals surface area contributed by atoms with E-state index in [1.54, 1.807) is 0 Å². The van der Waals surface area contributed by atoms with Gasteiger partial charge in [-0.2, -0.15) is 0 Å². The van der Waals surface area contributed by atoms with Crippen LogP contribution in [0.5, 0.6) is 0 Å². The van der Waals surface area contributed by atoms with Gasteiger partial charge in [-0.15, -0.1) is 10.1 Å². The molecule has 0 aliphatic carbocycles. The lowest BCUT2D eigenvalue weighted by Gasteiger charge is -2.17. The molecule has 0 bridgehead atoms. The number of hydrogen-bond donors (Lipinski definition) is 1. The van der Waals surface area contributed by atoms with Gasteiger partial charge in [0.1, 0.15) is 12.2 Å². The van der Waals surface area contributed by atoms with E-state index in [-0.39, 0.29) is 24.9 Å². The molecule has 2 rings (SSSR count). The molecule has 116 valence electrons. The first-order chi connectivity index (χ1) is 9.72. The highest BCUT2D eigenvalue weighted by Gasteiger charge is 2.49. The molecule has 2 fully saturated rings. The SMILES string of the molecule is CCCCCCCN[C@H]1CO[C@@H]2C(O[N+](=O)[O-])CO[C@H]12. The minimum Gasteiger partial charge on any atom is -0.371 e. The lowest BCUT2D eigenvalue weighted by Crippen LogP contribution is -2.42. The van der Waals surface area contributed by atoms with Crippen molar-refractivity contribution in [2.75, 3.05) is 19.8 Å². The molecular formula is C13H24N2O5. The van der Waals surface area contributed by atoms with Gasteiger partial charge in [-0.05, 0) is 13.0 Å². The van der Waals surface area contributed by atoms with Gasteiger partial charge in [0, 0.05) is 0 Å². The standard InChI is InChI=1S/C13H24N2O5/c1-2-3-4-5-6-7-14-10-8-18-13-11(20-15(16)17)9-19-12(10)13/h10-14H,2-9H2,1H3/t10-,11?,12+,13+/m0/s1. The fourth-order valence-electron chi connectivity index (χ4n) is 2.86. The number of rotatable bonds is 9. The maximum atomic E-state index is 10.4. The van der Waals surface area contributed by atoms with Gasteiger partial charge in [0.25, 0.3) is 5.09 Å². The zero-order valence-corrected chi connectivity index (χ0v) is 12.0. The summed E-state index contributed by atoms with van der Waals surface area (Å²) < 4.78 is 11.2. The molecule has 2 saturated heterocycles. The summed E-state index contributed by atoms with van der Waals surface area (Å²) >= 11 is 0. The second kappa shape index (κ2) is 7.75. The van der Waals surface area contributed by atoms with Crippen LogP contribution in [-0.4, -0.2) is 49.2 Å². The van der Waals surface area contributed by atoms with Crippen LogP contribution in [0.2, 0.25) is 0 Å². The van der Waals surface area contributed by atoms with E-state index in [1.807, 2.05) is 0 Å². The molecule has 7 heteroatoms. The molecule has 2 aliphatic heterocycles. The molecule has 0 spiro atoms. The first-order valence-corrected chi connectivity index (χ1v) is 7.50. The summed E-state index contributed by atoms with van der Waals surface area (Å²) in [6.07, 6.45) is 5.15. The first kappa shape index (κ1) is 15.5. The monoisotopic (exact) mass is 288 g/mol. The second-order valence-electron chi connectivity index (χ2n) is 5.44. The first-order valence-electron chi connectivity index (χ1n) is 7.50. The third-order valence-electron chi connectivity index (χ3n) is 3.92. The van der Waals surface area contributed by atoms with E-state index in [1.165, 1.54) is 25.7 Å². The van der Waals surface area contributed by atoms with Crippen LogP contribution in [0.4, 0.5) is 0 Å². The average molecular weight is 288 g/mol. The average Bonchev–Trinajstić information content (AvgIpc) is 2.97. The van der Waals surface area contributed by atoms with Crippen molar-refractivity contribution in [2.24, 2.45) is 0 Å². The zero-order chi connectivity index (χ0) is 14.4. The summed E-state index contributed by atoms with van der Waals surface area (Å²) in [5.41, 5.74) is 0. The number of fused-ring (bicyclic) bond motifs is 1. The molecule has 7 nitrogen and oxygen atoms in total. The van der Waals surface area contributed by atoms with Crippen molar-refractivity contribution >= 4 is 0 Å². The molecule has 0 radical (unpaired) electrons. The summed E-state index contributed by atoms with van der Waals surface area (Å²) in [6, 6.07) is 0.117. The quantitative estimate of drug-likeness (QED) is 0.391. The smallest absolute Gasteiger partial charge is 0.294 e. The molecule has 4 atom stereocenters. The Kier molecular flexibility index (Phi) is 6.00. The van der Waals surface area contributed by atoms with E-state index >= 15 is 0 Å². The summed E-state index contributed by atoms with van der Waals surface area (Å²) in [6.45, 7) is 3.90. The summed E-state index contributed by atoms with van der Waals surface area (Å²) in [7, 11) is 0. The maximum Gasteiger partial charge on any atom is 0.294 e. The molecular weight excluding hydrogens is 264 g/mol. The van der Waals surface area contributed by atoms with Crippen molar-refractivity contribution in [2.45, 2.75) is 63.4 Å². The normalized spacial score (nSPS) is 32.2. The van der Waals surface area contributed by atoms with Gasteiger partial charge >= 0.3 is 0 Å². The lowest BCUT2D eigenvalue weighted by molar-refractivity contribution is -0.769. The fraction of sp³-hybridized carbons (Fsp3) is 1.00. The predicted octanol–water partition coefficient (Wildman–Crippen LogP) is 1.29. The Bertz CT molecular complexity index is 315. The van der Waals surface area contributed by atoms with Crippen LogP contribution in [0.3, 0.4) is 0 Å². The molecule has 20 heavy (non-hydrogen) atoms. The summed E-state index contributed by atoms with van der Waals surface area (Å²) in [5.74, 6) is 0. The highest BCUT2D eigenvalue weighted by atomic mass is 17.0. The minimum atomic E-state index is -0.770. The molecule has 0 aromatic carbocycles. The molecule has 0 aromatic rings. The Hall–Kier alpha value is -0.920. The van der Waals surface area contributed by atoms with Crippen molar-refractivity contribution in [3.05, 3.63) is 10.1 Å². The number of nitrogens with zero attached hydrogens (tertiary/aromatic N) is 1. The Morgan fingerprint density at radius 3 is 2.70 bits per heavy atom. The molecule has 0 saturated carbocycles. The largest absolute Gasteiger partial charge is 0.371 e. The van der Waals surface area contributed by atoms with Crippen molar-refractivity contribution < 1.29 is 19.4 Å². The molecule has 1 unspecified atom stereocenters. The van der Waals surface area contributed by atoms with E-state index in [0.717, 1.165) is 13.0 Å². The van der Waals surface area contributed by atoms with Gasteiger partial charge in [0.15, 0.2) is 6.10 Å². The van der Waals surface area contributed by atoms with E-state index in [9.17, 15) is 10.1 Å². The van der Waals surface area contributed by atoms with Crippen LogP contribution >= 0.6 is 0 Å². The number of unbranched alkanes of at least 4 members (excludes halogenated alkanes) is 4. The number of ether oxygens (including phenoxy) is 2. The Balaban J connectivity index is 1.65. The predicted molar refractivity (Wildman–Crippen MR) is 71.9 cm³/mol. The van der Waals surface area contributed by atoms with Crippen LogP contribution in [0, 0.1) is 10.1 Å². The van der Waals surface area contributed by atoms with E-state index in [2.05, 4.69) is 17.1 Å². The second-order valence-corrected chi connectivity index (χ2v) is 5.44. The van der Waals surface area contributed by atoms with Crippen LogP contribution in [0.25, 0.3) is 0 Å². The molecule has 2 heterocycles. The lowest BCUT2D eigenvalue weighted by atomic mass is 10.1. The summed E-state index contributed by atoms with van der Waals surface area (Å²) in [4.78, 5) is 15.0. The van der Waals surface area contributed by atoms with Gasteiger partial charge in [-0.3, -0.25) is 0 Å².